The molecule has 1 radical (unpaired) electrons. The summed E-state index contributed by atoms with van der Waals surface area (Å²) in [5.41, 5.74) is 0. The maximum atomic E-state index is 11.0. The monoisotopic (exact) mass is 257 g/mol. The summed E-state index contributed by atoms with van der Waals surface area (Å²) in [6.07, 6.45) is 0.0440. The molecule has 0 aliphatic rings. The Kier molecular flexibility index (Phi) is 7.82. The Morgan fingerprint density at radius 1 is 1.17 bits per heavy atom. The van der Waals surface area contributed by atoms with Crippen LogP contribution in [-0.2, 0) is 29.1 Å². The smallest absolute Gasteiger partial charge is 0.333 e. The third-order valence-corrected chi connectivity index (χ3v) is 1.54. The largest absolute Gasteiger partial charge is 1.00 e. The van der Waals surface area contributed by atoms with Gasteiger partial charge in [0.15, 0.2) is 0 Å². The van der Waals surface area contributed by atoms with Crippen molar-refractivity contribution >= 4 is 11.6 Å². The van der Waals surface area contributed by atoms with Gasteiger partial charge in [0, 0.05) is 5.92 Å². The average Bonchev–Trinajstić information content (AvgIpc) is 1.87. The Labute approximate surface area is 86.9 Å². The molecule has 2 nitrogen and oxygen atoms in total. The molecule has 12 heavy (non-hydrogen) atoms. The van der Waals surface area contributed by atoms with E-state index in [4.69, 9.17) is 0 Å². The van der Waals surface area contributed by atoms with Crippen molar-refractivity contribution in [2.45, 2.75) is 27.2 Å². The van der Waals surface area contributed by atoms with Gasteiger partial charge in [-0.2, -0.15) is 0 Å². The van der Waals surface area contributed by atoms with E-state index < -0.39 is 0 Å². The van der Waals surface area contributed by atoms with Crippen molar-refractivity contribution in [1.29, 1.82) is 0 Å². The maximum Gasteiger partial charge on any atom is 1.00 e. The Bertz CT molecular complexity index is 144. The van der Waals surface area contributed by atoms with Crippen molar-refractivity contribution < 1.29 is 29.1 Å². The van der Waals surface area contributed by atoms with Crippen molar-refractivity contribution in [3.63, 3.8) is 0 Å². The predicted octanol–water partition coefficient (Wildman–Crippen LogP) is 1.64. The van der Waals surface area contributed by atoms with E-state index in [0.717, 1.165) is 0 Å². The van der Waals surface area contributed by atoms with Crippen LogP contribution in [0.1, 0.15) is 27.2 Å². The summed E-state index contributed by atoms with van der Waals surface area (Å²) in [6, 6.07) is 0. The molecular formula is C9H15O2Ru. The molecule has 3 heteroatoms. The van der Waals surface area contributed by atoms with E-state index in [1.807, 2.05) is 0 Å². The summed E-state index contributed by atoms with van der Waals surface area (Å²) < 4.78 is 0. The zero-order chi connectivity index (χ0) is 9.02. The first kappa shape index (κ1) is 14.5. The number of hydrogen-bond donors (Lipinski definition) is 0. The molecule has 0 N–H and O–H groups in total. The molecule has 0 fully saturated rings. The molecule has 0 aliphatic carbocycles. The Balaban J connectivity index is 0. The zero-order valence-electron chi connectivity index (χ0n) is 7.74. The fourth-order valence-corrected chi connectivity index (χ4v) is 0.550. The van der Waals surface area contributed by atoms with Crippen LogP contribution >= 0.6 is 0 Å². The van der Waals surface area contributed by atoms with E-state index in [-0.39, 0.29) is 49.3 Å². The van der Waals surface area contributed by atoms with E-state index in [1.165, 1.54) is 0 Å². The summed E-state index contributed by atoms with van der Waals surface area (Å²) in [4.78, 5) is 22.0. The summed E-state index contributed by atoms with van der Waals surface area (Å²) in [5.74, 6) is -0.371. The second-order valence-corrected chi connectivity index (χ2v) is 3.17. The van der Waals surface area contributed by atoms with Crippen LogP contribution in [0.15, 0.2) is 0 Å². The van der Waals surface area contributed by atoms with E-state index in [2.05, 4.69) is 6.92 Å². The Morgan fingerprint density at radius 2 is 1.58 bits per heavy atom. The summed E-state index contributed by atoms with van der Waals surface area (Å²) in [6.45, 7) is 8.84. The van der Waals surface area contributed by atoms with Gasteiger partial charge in [0.25, 0.3) is 0 Å². The van der Waals surface area contributed by atoms with Gasteiger partial charge in [-0.1, -0.05) is 20.8 Å². The second-order valence-electron chi connectivity index (χ2n) is 3.17. The van der Waals surface area contributed by atoms with Gasteiger partial charge in [0.1, 0.15) is 11.6 Å². The fourth-order valence-electron chi connectivity index (χ4n) is 0.550. The first-order valence-corrected chi connectivity index (χ1v) is 3.83. The van der Waals surface area contributed by atoms with Crippen LogP contribution in [-0.4, -0.2) is 11.6 Å². The van der Waals surface area contributed by atoms with Gasteiger partial charge in [-0.05, 0) is 0 Å². The minimum atomic E-state index is -0.266. The van der Waals surface area contributed by atoms with Gasteiger partial charge in [0.05, 0.1) is 6.42 Å². The van der Waals surface area contributed by atoms with Crippen LogP contribution in [0.2, 0.25) is 0 Å². The minimum Gasteiger partial charge on any atom is -0.333 e. The van der Waals surface area contributed by atoms with Crippen LogP contribution in [0, 0.1) is 18.8 Å². The van der Waals surface area contributed by atoms with Crippen molar-refractivity contribution in [3.8, 4) is 0 Å². The SMILES string of the molecule is [CH2-]C(C)C(=O)CC(=O)C(C)C.[Ru+]. The van der Waals surface area contributed by atoms with Crippen molar-refractivity contribution in [2.24, 2.45) is 11.8 Å². The van der Waals surface area contributed by atoms with Crippen molar-refractivity contribution in [2.75, 3.05) is 0 Å². The third kappa shape index (κ3) is 5.59. The quantitative estimate of drug-likeness (QED) is 0.435. The van der Waals surface area contributed by atoms with Gasteiger partial charge in [-0.3, -0.25) is 4.79 Å². The molecular weight excluding hydrogens is 241 g/mol. The van der Waals surface area contributed by atoms with Crippen LogP contribution in [0.3, 0.4) is 0 Å². The van der Waals surface area contributed by atoms with Crippen LogP contribution in [0.25, 0.3) is 0 Å². The van der Waals surface area contributed by atoms with Gasteiger partial charge >= 0.3 is 19.5 Å². The van der Waals surface area contributed by atoms with Gasteiger partial charge in [0.2, 0.25) is 0 Å². The molecule has 0 spiro atoms. The standard InChI is InChI=1S/C9H15O2.Ru/c1-6(2)8(10)5-9(11)7(3)4;/h6-7H,1,5H2,2-4H3;/q-1;+1. The summed E-state index contributed by atoms with van der Waals surface area (Å²) in [7, 11) is 0. The Hall–Kier alpha value is -0.0366. The molecule has 71 valence electrons. The molecule has 0 aromatic heterocycles. The number of hydrogen-bond acceptors (Lipinski definition) is 2. The van der Waals surface area contributed by atoms with Crippen LogP contribution in [0.5, 0.6) is 0 Å². The van der Waals surface area contributed by atoms with Crippen molar-refractivity contribution in [1.82, 2.24) is 0 Å². The molecule has 0 aromatic rings. The molecule has 1 atom stereocenters. The maximum absolute atomic E-state index is 11.0. The molecule has 0 aromatic carbocycles. The minimum absolute atomic E-state index is 0. The first-order chi connectivity index (χ1) is 4.95. The molecule has 0 saturated heterocycles. The Morgan fingerprint density at radius 3 is 1.83 bits per heavy atom. The topological polar surface area (TPSA) is 34.1 Å². The van der Waals surface area contributed by atoms with Gasteiger partial charge in [-0.25, -0.2) is 0 Å². The second kappa shape index (κ2) is 6.48. The van der Waals surface area contributed by atoms with Gasteiger partial charge < -0.3 is 11.7 Å². The molecule has 0 saturated carbocycles. The van der Waals surface area contributed by atoms with Crippen LogP contribution in [0.4, 0.5) is 0 Å². The number of carbonyl (C=O) groups excluding carboxylic acids is 2. The van der Waals surface area contributed by atoms with E-state index in [0.29, 0.717) is 0 Å². The summed E-state index contributed by atoms with van der Waals surface area (Å²) in [5, 5.41) is 0. The zero-order valence-corrected chi connectivity index (χ0v) is 9.48. The number of ketones is 2. The normalized spacial score (nSPS) is 12.1. The number of rotatable bonds is 4. The molecule has 0 heterocycles. The van der Waals surface area contributed by atoms with E-state index >= 15 is 0 Å². The summed E-state index contributed by atoms with van der Waals surface area (Å²) >= 11 is 0. The predicted molar refractivity (Wildman–Crippen MR) is 44.0 cm³/mol. The number of carbonyl (C=O) groups is 2. The fraction of sp³-hybridized carbons (Fsp3) is 0.667. The molecule has 0 rings (SSSR count). The molecule has 0 amide bonds. The van der Waals surface area contributed by atoms with Gasteiger partial charge in [-0.15, -0.1) is 5.92 Å². The number of Topliss-reactive ketones (excluding diaryl/α,β-unsaturated/α-hetero) is 2. The van der Waals surface area contributed by atoms with E-state index in [1.54, 1.807) is 20.8 Å². The third-order valence-electron chi connectivity index (χ3n) is 1.54. The van der Waals surface area contributed by atoms with E-state index in [9.17, 15) is 9.59 Å². The average molecular weight is 256 g/mol. The molecule has 0 bridgehead atoms. The first-order valence-electron chi connectivity index (χ1n) is 3.83. The molecule has 1 unspecified atom stereocenters. The van der Waals surface area contributed by atoms with Crippen LogP contribution < -0.4 is 0 Å². The molecule has 0 aliphatic heterocycles. The van der Waals surface area contributed by atoms with Crippen molar-refractivity contribution in [3.05, 3.63) is 6.92 Å².